The molecular formula is C12H9Cl2NO3. The number of aliphatic carboxylic acids is 1. The fraction of sp³-hybridized carbons (Fsp3) is 0.167. The first-order valence-electron chi connectivity index (χ1n) is 5.18. The number of hydrogen-bond donors (Lipinski definition) is 1. The molecule has 0 aliphatic carbocycles. The first-order valence-corrected chi connectivity index (χ1v) is 5.94. The Morgan fingerprint density at radius 3 is 2.78 bits per heavy atom. The fourth-order valence-electron chi connectivity index (χ4n) is 1.56. The van der Waals surface area contributed by atoms with E-state index in [2.05, 4.69) is 5.16 Å². The van der Waals surface area contributed by atoms with Gasteiger partial charge in [-0.05, 0) is 18.6 Å². The minimum atomic E-state index is -0.865. The zero-order valence-electron chi connectivity index (χ0n) is 9.19. The van der Waals surface area contributed by atoms with E-state index in [0.717, 1.165) is 11.1 Å². The van der Waals surface area contributed by atoms with Gasteiger partial charge in [0.15, 0.2) is 0 Å². The molecule has 0 aliphatic rings. The highest BCUT2D eigenvalue weighted by Gasteiger charge is 2.12. The second kappa shape index (κ2) is 5.42. The molecule has 0 unspecified atom stereocenters. The Kier molecular flexibility index (Phi) is 3.89. The van der Waals surface area contributed by atoms with Crippen LogP contribution >= 0.6 is 23.2 Å². The van der Waals surface area contributed by atoms with E-state index in [-0.39, 0.29) is 6.42 Å². The van der Waals surface area contributed by atoms with Gasteiger partial charge < -0.3 is 9.63 Å². The summed E-state index contributed by atoms with van der Waals surface area (Å²) in [6.45, 7) is 0. The van der Waals surface area contributed by atoms with Gasteiger partial charge in [-0.3, -0.25) is 4.79 Å². The average Bonchev–Trinajstić information content (AvgIpc) is 2.78. The molecule has 0 fully saturated rings. The second-order valence-corrected chi connectivity index (χ2v) is 4.53. The predicted octanol–water partition coefficient (Wildman–Crippen LogP) is 3.67. The van der Waals surface area contributed by atoms with E-state index in [4.69, 9.17) is 32.8 Å². The maximum atomic E-state index is 10.6. The van der Waals surface area contributed by atoms with E-state index in [0.29, 0.717) is 22.2 Å². The number of halogens is 2. The van der Waals surface area contributed by atoms with E-state index < -0.39 is 5.97 Å². The molecule has 0 spiro atoms. The van der Waals surface area contributed by atoms with Crippen molar-refractivity contribution in [3.8, 4) is 11.3 Å². The number of carboxylic acid groups (broad SMARTS) is 1. The Balaban J connectivity index is 2.30. The SMILES string of the molecule is O=C(O)CCc1conc1-c1ccc(Cl)c(Cl)c1. The molecule has 2 rings (SSSR count). The lowest BCUT2D eigenvalue weighted by atomic mass is 10.0. The number of nitrogens with zero attached hydrogens (tertiary/aromatic N) is 1. The Hall–Kier alpha value is -1.52. The molecule has 0 bridgehead atoms. The summed E-state index contributed by atoms with van der Waals surface area (Å²) in [7, 11) is 0. The van der Waals surface area contributed by atoms with Crippen LogP contribution in [0, 0.1) is 0 Å². The van der Waals surface area contributed by atoms with E-state index >= 15 is 0 Å². The second-order valence-electron chi connectivity index (χ2n) is 3.71. The largest absolute Gasteiger partial charge is 0.481 e. The first kappa shape index (κ1) is 12.9. The van der Waals surface area contributed by atoms with Crippen LogP contribution < -0.4 is 0 Å². The number of aromatic nitrogens is 1. The molecule has 94 valence electrons. The third-order valence-corrected chi connectivity index (χ3v) is 3.18. The minimum absolute atomic E-state index is 0.0233. The number of carbonyl (C=O) groups is 1. The molecule has 0 aliphatic heterocycles. The van der Waals surface area contributed by atoms with Crippen molar-refractivity contribution in [1.29, 1.82) is 0 Å². The summed E-state index contributed by atoms with van der Waals surface area (Å²) in [6.07, 6.45) is 1.82. The van der Waals surface area contributed by atoms with Crippen molar-refractivity contribution in [2.75, 3.05) is 0 Å². The van der Waals surface area contributed by atoms with Gasteiger partial charge >= 0.3 is 5.97 Å². The molecule has 6 heteroatoms. The van der Waals surface area contributed by atoms with Crippen molar-refractivity contribution < 1.29 is 14.4 Å². The van der Waals surface area contributed by atoms with Crippen molar-refractivity contribution >= 4 is 29.2 Å². The summed E-state index contributed by atoms with van der Waals surface area (Å²) in [5.74, 6) is -0.865. The van der Waals surface area contributed by atoms with Crippen LogP contribution in [0.2, 0.25) is 10.0 Å². The van der Waals surface area contributed by atoms with Gasteiger partial charge in [-0.2, -0.15) is 0 Å². The van der Waals surface area contributed by atoms with Gasteiger partial charge in [0.05, 0.1) is 10.0 Å². The topological polar surface area (TPSA) is 63.3 Å². The van der Waals surface area contributed by atoms with Gasteiger partial charge in [0.2, 0.25) is 0 Å². The highest BCUT2D eigenvalue weighted by molar-refractivity contribution is 6.42. The number of rotatable bonds is 4. The lowest BCUT2D eigenvalue weighted by Gasteiger charge is -2.02. The van der Waals surface area contributed by atoms with Gasteiger partial charge in [0.25, 0.3) is 0 Å². The van der Waals surface area contributed by atoms with E-state index in [1.165, 1.54) is 6.26 Å². The lowest BCUT2D eigenvalue weighted by Crippen LogP contribution is -1.97. The van der Waals surface area contributed by atoms with Crippen LogP contribution in [0.15, 0.2) is 29.0 Å². The van der Waals surface area contributed by atoms with Gasteiger partial charge in [-0.25, -0.2) is 0 Å². The zero-order chi connectivity index (χ0) is 13.1. The Morgan fingerprint density at radius 2 is 2.11 bits per heavy atom. The molecule has 0 amide bonds. The number of benzene rings is 1. The Morgan fingerprint density at radius 1 is 1.33 bits per heavy atom. The van der Waals surface area contributed by atoms with Gasteiger partial charge in [0.1, 0.15) is 12.0 Å². The maximum Gasteiger partial charge on any atom is 0.303 e. The molecule has 1 aromatic carbocycles. The summed E-state index contributed by atoms with van der Waals surface area (Å²) in [4.78, 5) is 10.6. The van der Waals surface area contributed by atoms with Crippen molar-refractivity contribution in [2.45, 2.75) is 12.8 Å². The van der Waals surface area contributed by atoms with Crippen LogP contribution in [0.4, 0.5) is 0 Å². The molecule has 1 aromatic heterocycles. The van der Waals surface area contributed by atoms with Crippen LogP contribution in [-0.4, -0.2) is 16.2 Å². The highest BCUT2D eigenvalue weighted by atomic mass is 35.5. The van der Waals surface area contributed by atoms with Crippen molar-refractivity contribution in [1.82, 2.24) is 5.16 Å². The molecule has 0 saturated heterocycles. The first-order chi connectivity index (χ1) is 8.58. The molecular weight excluding hydrogens is 277 g/mol. The monoisotopic (exact) mass is 285 g/mol. The minimum Gasteiger partial charge on any atom is -0.481 e. The standard InChI is InChI=1S/C12H9Cl2NO3/c13-9-3-1-7(5-10(9)14)12-8(6-18-15-12)2-4-11(16)17/h1,3,5-6H,2,4H2,(H,16,17). The molecule has 1 heterocycles. The number of aryl methyl sites for hydroxylation is 1. The van der Waals surface area contributed by atoms with Crippen molar-refractivity contribution in [3.05, 3.63) is 40.1 Å². The van der Waals surface area contributed by atoms with Crippen LogP contribution in [0.1, 0.15) is 12.0 Å². The van der Waals surface area contributed by atoms with Crippen LogP contribution in [0.3, 0.4) is 0 Å². The fourth-order valence-corrected chi connectivity index (χ4v) is 1.86. The highest BCUT2D eigenvalue weighted by Crippen LogP contribution is 2.29. The Labute approximate surface area is 113 Å². The summed E-state index contributed by atoms with van der Waals surface area (Å²) in [6, 6.07) is 5.09. The predicted molar refractivity (Wildman–Crippen MR) is 67.9 cm³/mol. The zero-order valence-corrected chi connectivity index (χ0v) is 10.7. The molecule has 0 saturated carbocycles. The molecule has 4 nitrogen and oxygen atoms in total. The molecule has 1 N–H and O–H groups in total. The number of carboxylic acids is 1. The summed E-state index contributed by atoms with van der Waals surface area (Å²) < 4.78 is 4.88. The third kappa shape index (κ3) is 2.83. The maximum absolute atomic E-state index is 10.6. The summed E-state index contributed by atoms with van der Waals surface area (Å²) >= 11 is 11.8. The molecule has 0 radical (unpaired) electrons. The van der Waals surface area contributed by atoms with Crippen molar-refractivity contribution in [2.24, 2.45) is 0 Å². The smallest absolute Gasteiger partial charge is 0.303 e. The van der Waals surface area contributed by atoms with Gasteiger partial charge in [-0.1, -0.05) is 34.4 Å². The Bertz CT molecular complexity index is 580. The van der Waals surface area contributed by atoms with E-state index in [1.807, 2.05) is 0 Å². The summed E-state index contributed by atoms with van der Waals surface area (Å²) in [5.41, 5.74) is 2.07. The van der Waals surface area contributed by atoms with E-state index in [9.17, 15) is 4.79 Å². The molecule has 0 atom stereocenters. The molecule has 2 aromatic rings. The van der Waals surface area contributed by atoms with Gasteiger partial charge in [0, 0.05) is 17.5 Å². The summed E-state index contributed by atoms with van der Waals surface area (Å²) in [5, 5.41) is 13.4. The quantitative estimate of drug-likeness (QED) is 0.931. The lowest BCUT2D eigenvalue weighted by molar-refractivity contribution is -0.136. The number of hydrogen-bond acceptors (Lipinski definition) is 3. The van der Waals surface area contributed by atoms with Crippen molar-refractivity contribution in [3.63, 3.8) is 0 Å². The van der Waals surface area contributed by atoms with E-state index in [1.54, 1.807) is 18.2 Å². The average molecular weight is 286 g/mol. The normalized spacial score (nSPS) is 10.6. The molecule has 18 heavy (non-hydrogen) atoms. The van der Waals surface area contributed by atoms with Gasteiger partial charge in [-0.15, -0.1) is 0 Å². The van der Waals surface area contributed by atoms with Crippen LogP contribution in [0.25, 0.3) is 11.3 Å². The third-order valence-electron chi connectivity index (χ3n) is 2.44. The van der Waals surface area contributed by atoms with Crippen LogP contribution in [0.5, 0.6) is 0 Å². The van der Waals surface area contributed by atoms with Crippen LogP contribution in [-0.2, 0) is 11.2 Å².